The molecule has 4 nitrogen and oxygen atoms in total. The van der Waals surface area contributed by atoms with Crippen molar-refractivity contribution in [2.45, 2.75) is 38.9 Å². The predicted molar refractivity (Wildman–Crippen MR) is 88.1 cm³/mol. The van der Waals surface area contributed by atoms with E-state index in [1.165, 1.54) is 0 Å². The van der Waals surface area contributed by atoms with Crippen LogP contribution in [0.5, 0.6) is 0 Å². The Morgan fingerprint density at radius 1 is 1.38 bits per heavy atom. The highest BCUT2D eigenvalue weighted by atomic mass is 79.9. The van der Waals surface area contributed by atoms with Crippen LogP contribution in [0.15, 0.2) is 22.2 Å². The summed E-state index contributed by atoms with van der Waals surface area (Å²) in [5.41, 5.74) is 0.400. The average Bonchev–Trinajstić information content (AvgIpc) is 2.59. The quantitative estimate of drug-likeness (QED) is 0.650. The van der Waals surface area contributed by atoms with Gasteiger partial charge >= 0.3 is 7.12 Å². The number of nitrogens with zero attached hydrogens (tertiary/aromatic N) is 1. The molecule has 0 aromatic carbocycles. The van der Waals surface area contributed by atoms with Crippen molar-refractivity contribution in [3.05, 3.63) is 32.9 Å². The Bertz CT molecular complexity index is 561. The largest absolute Gasteiger partial charge is 0.492 e. The molecule has 0 aliphatic carbocycles. The normalized spacial score (nSPS) is 20.9. The van der Waals surface area contributed by atoms with Gasteiger partial charge in [-0.05, 0) is 55.2 Å². The van der Waals surface area contributed by atoms with Crippen LogP contribution < -0.4 is 0 Å². The summed E-state index contributed by atoms with van der Waals surface area (Å²) in [4.78, 5) is 4.06. The molecular weight excluding hydrogens is 356 g/mol. The lowest BCUT2D eigenvalue weighted by Crippen LogP contribution is -2.41. The standard InChI is InChI=1S/C14H18BBrClNO3/c1-13(2)14(3,4)21-15(20-13)10(8-19)5-9-6-11(16)7-18-12(9)17/h5-7,19H,8H2,1-4H3. The van der Waals surface area contributed by atoms with Gasteiger partial charge in [-0.1, -0.05) is 17.7 Å². The number of hydrogen-bond acceptors (Lipinski definition) is 4. The molecule has 1 saturated heterocycles. The first-order valence-corrected chi connectivity index (χ1v) is 7.81. The molecule has 0 unspecified atom stereocenters. The molecule has 2 heterocycles. The van der Waals surface area contributed by atoms with Gasteiger partial charge in [-0.3, -0.25) is 0 Å². The topological polar surface area (TPSA) is 51.6 Å². The summed E-state index contributed by atoms with van der Waals surface area (Å²) in [6, 6.07) is 1.83. The molecule has 21 heavy (non-hydrogen) atoms. The van der Waals surface area contributed by atoms with Crippen LogP contribution in [0.4, 0.5) is 0 Å². The summed E-state index contributed by atoms with van der Waals surface area (Å²) in [6.07, 6.45) is 3.37. The molecule has 1 aliphatic heterocycles. The highest BCUT2D eigenvalue weighted by molar-refractivity contribution is 9.10. The van der Waals surface area contributed by atoms with Crippen molar-refractivity contribution in [1.82, 2.24) is 4.98 Å². The molecule has 1 aromatic rings. The predicted octanol–water partition coefficient (Wildman–Crippen LogP) is 3.50. The van der Waals surface area contributed by atoms with E-state index >= 15 is 0 Å². The van der Waals surface area contributed by atoms with E-state index in [0.29, 0.717) is 16.2 Å². The Balaban J connectivity index is 2.33. The monoisotopic (exact) mass is 373 g/mol. The zero-order valence-electron chi connectivity index (χ0n) is 12.5. The Morgan fingerprint density at radius 3 is 2.48 bits per heavy atom. The van der Waals surface area contributed by atoms with Crippen LogP contribution in [0.3, 0.4) is 0 Å². The average molecular weight is 374 g/mol. The number of aliphatic hydroxyl groups excluding tert-OH is 1. The molecule has 1 aromatic heterocycles. The summed E-state index contributed by atoms with van der Waals surface area (Å²) >= 11 is 9.43. The number of pyridine rings is 1. The molecule has 1 fully saturated rings. The van der Waals surface area contributed by atoms with Crippen molar-refractivity contribution in [2.75, 3.05) is 6.61 Å². The Kier molecular flexibility index (Phi) is 4.86. The van der Waals surface area contributed by atoms with Crippen LogP contribution in [-0.2, 0) is 9.31 Å². The maximum Gasteiger partial charge on any atom is 0.492 e. The molecule has 114 valence electrons. The summed E-state index contributed by atoms with van der Waals surface area (Å²) in [6.45, 7) is 7.69. The molecule has 0 amide bonds. The van der Waals surface area contributed by atoms with Crippen molar-refractivity contribution in [3.8, 4) is 0 Å². The smallest absolute Gasteiger partial charge is 0.400 e. The van der Waals surface area contributed by atoms with Crippen molar-refractivity contribution in [2.24, 2.45) is 0 Å². The molecule has 0 radical (unpaired) electrons. The minimum Gasteiger partial charge on any atom is -0.400 e. The summed E-state index contributed by atoms with van der Waals surface area (Å²) in [7, 11) is -0.602. The van der Waals surface area contributed by atoms with Gasteiger partial charge in [0.05, 0.1) is 17.8 Å². The maximum atomic E-state index is 9.64. The first-order chi connectivity index (χ1) is 9.66. The molecular formula is C14H18BBrClNO3. The zero-order chi connectivity index (χ0) is 15.8. The van der Waals surface area contributed by atoms with Gasteiger partial charge in [0.25, 0.3) is 0 Å². The van der Waals surface area contributed by atoms with Crippen molar-refractivity contribution < 1.29 is 14.4 Å². The van der Waals surface area contributed by atoms with Crippen LogP contribution in [0.1, 0.15) is 33.3 Å². The van der Waals surface area contributed by atoms with Crippen molar-refractivity contribution in [1.29, 1.82) is 0 Å². The molecule has 2 rings (SSSR count). The van der Waals surface area contributed by atoms with Crippen LogP contribution >= 0.6 is 27.5 Å². The van der Waals surface area contributed by atoms with E-state index in [-0.39, 0.29) is 6.61 Å². The van der Waals surface area contributed by atoms with Crippen LogP contribution in [0.25, 0.3) is 6.08 Å². The fraction of sp³-hybridized carbons (Fsp3) is 0.500. The molecule has 0 spiro atoms. The van der Waals surface area contributed by atoms with Crippen LogP contribution in [0, 0.1) is 0 Å². The lowest BCUT2D eigenvalue weighted by Gasteiger charge is -2.32. The fourth-order valence-corrected chi connectivity index (χ4v) is 2.43. The van der Waals surface area contributed by atoms with Gasteiger partial charge in [-0.25, -0.2) is 4.98 Å². The minimum absolute atomic E-state index is 0.181. The van der Waals surface area contributed by atoms with Gasteiger partial charge < -0.3 is 14.4 Å². The second kappa shape index (κ2) is 6.01. The number of aromatic nitrogens is 1. The molecule has 0 bridgehead atoms. The van der Waals surface area contributed by atoms with E-state index in [4.69, 9.17) is 20.9 Å². The van der Waals surface area contributed by atoms with E-state index < -0.39 is 18.3 Å². The Hall–Kier alpha value is -0.395. The first kappa shape index (κ1) is 17.0. The molecule has 7 heteroatoms. The maximum absolute atomic E-state index is 9.64. The third-order valence-corrected chi connectivity index (χ3v) is 4.66. The highest BCUT2D eigenvalue weighted by Gasteiger charge is 2.52. The lowest BCUT2D eigenvalue weighted by atomic mass is 9.77. The summed E-state index contributed by atoms with van der Waals surface area (Å²) < 4.78 is 12.7. The second-order valence-corrected chi connectivity index (χ2v) is 7.27. The Morgan fingerprint density at radius 2 is 1.95 bits per heavy atom. The highest BCUT2D eigenvalue weighted by Crippen LogP contribution is 2.39. The van der Waals surface area contributed by atoms with Gasteiger partial charge in [0, 0.05) is 16.2 Å². The van der Waals surface area contributed by atoms with Gasteiger partial charge in [0.1, 0.15) is 5.15 Å². The van der Waals surface area contributed by atoms with E-state index in [1.54, 1.807) is 12.3 Å². The molecule has 1 N–H and O–H groups in total. The van der Waals surface area contributed by atoms with E-state index in [1.807, 2.05) is 33.8 Å². The SMILES string of the molecule is CC1(C)OB(C(=Cc2cc(Br)cnc2Cl)CO)OC1(C)C. The number of aliphatic hydroxyl groups is 1. The molecule has 0 atom stereocenters. The second-order valence-electron chi connectivity index (χ2n) is 6.00. The summed E-state index contributed by atoms with van der Waals surface area (Å²) in [5.74, 6) is 0. The van der Waals surface area contributed by atoms with E-state index in [0.717, 1.165) is 4.47 Å². The zero-order valence-corrected chi connectivity index (χ0v) is 14.8. The van der Waals surface area contributed by atoms with Gasteiger partial charge in [-0.2, -0.15) is 0 Å². The van der Waals surface area contributed by atoms with Crippen molar-refractivity contribution in [3.63, 3.8) is 0 Å². The van der Waals surface area contributed by atoms with Gasteiger partial charge in [-0.15, -0.1) is 0 Å². The summed E-state index contributed by atoms with van der Waals surface area (Å²) in [5, 5.41) is 10.0. The fourth-order valence-electron chi connectivity index (χ4n) is 1.92. The van der Waals surface area contributed by atoms with E-state index in [9.17, 15) is 5.11 Å². The molecule has 0 saturated carbocycles. The van der Waals surface area contributed by atoms with E-state index in [2.05, 4.69) is 20.9 Å². The lowest BCUT2D eigenvalue weighted by molar-refractivity contribution is 0.00578. The number of hydrogen-bond donors (Lipinski definition) is 1. The number of rotatable bonds is 3. The molecule has 1 aliphatic rings. The first-order valence-electron chi connectivity index (χ1n) is 6.64. The van der Waals surface area contributed by atoms with Crippen molar-refractivity contribution >= 4 is 40.7 Å². The minimum atomic E-state index is -0.602. The third kappa shape index (κ3) is 3.51. The third-order valence-electron chi connectivity index (χ3n) is 3.91. The van der Waals surface area contributed by atoms with Crippen LogP contribution in [0.2, 0.25) is 5.15 Å². The van der Waals surface area contributed by atoms with Gasteiger partial charge in [0.2, 0.25) is 0 Å². The van der Waals surface area contributed by atoms with Crippen LogP contribution in [-0.4, -0.2) is 35.0 Å². The van der Waals surface area contributed by atoms with Gasteiger partial charge in [0.15, 0.2) is 0 Å². The number of halogens is 2. The Labute approximate surface area is 138 Å².